The summed E-state index contributed by atoms with van der Waals surface area (Å²) in [5, 5.41) is 0. The van der Waals surface area contributed by atoms with Gasteiger partial charge in [0, 0.05) is 0 Å². The van der Waals surface area contributed by atoms with E-state index in [2.05, 4.69) is 20.3 Å². The van der Waals surface area contributed by atoms with Crippen molar-refractivity contribution in [2.45, 2.75) is 206 Å². The van der Waals surface area contributed by atoms with Crippen molar-refractivity contribution < 1.29 is 0 Å². The third kappa shape index (κ3) is 32.0. The van der Waals surface area contributed by atoms with E-state index >= 15 is 0 Å². The predicted octanol–water partition coefficient (Wildman–Crippen LogP) is 12.8. The summed E-state index contributed by atoms with van der Waals surface area (Å²) in [6.45, 7) is 4.61. The molecule has 0 fully saturated rings. The largest absolute Gasteiger partial charge is 0.0654 e. The lowest BCUT2D eigenvalue weighted by molar-refractivity contribution is 0.530. The molecular weight excluding hydrogens is 396 g/mol. The lowest BCUT2D eigenvalue weighted by Crippen LogP contribution is -1.85. The average molecular weight is 463 g/mol. The van der Waals surface area contributed by atoms with E-state index in [1.54, 1.807) is 0 Å². The minimum atomic E-state index is 1.25. The fraction of sp³-hybridized carbons (Fsp3) is 0.970. The average Bonchev–Trinajstić information content (AvgIpc) is 2.83. The lowest BCUT2D eigenvalue weighted by atomic mass is 10.0. The van der Waals surface area contributed by atoms with Crippen molar-refractivity contribution in [3.63, 3.8) is 0 Å². The number of hydrogen-bond acceptors (Lipinski definition) is 0. The first-order valence-corrected chi connectivity index (χ1v) is 16.1. The van der Waals surface area contributed by atoms with Crippen LogP contribution in [0.5, 0.6) is 0 Å². The van der Waals surface area contributed by atoms with Crippen LogP contribution in [-0.2, 0) is 0 Å². The maximum atomic E-state index is 3.67. The van der Waals surface area contributed by atoms with Gasteiger partial charge in [-0.25, -0.2) is 0 Å². The van der Waals surface area contributed by atoms with Crippen molar-refractivity contribution in [1.29, 1.82) is 0 Å². The van der Waals surface area contributed by atoms with Crippen LogP contribution in [0.1, 0.15) is 206 Å². The van der Waals surface area contributed by atoms with Gasteiger partial charge in [0.05, 0.1) is 0 Å². The highest BCUT2D eigenvalue weighted by Crippen LogP contribution is 2.16. The summed E-state index contributed by atoms with van der Waals surface area (Å²) in [7, 11) is 0. The summed E-state index contributed by atoms with van der Waals surface area (Å²) >= 11 is 0. The van der Waals surface area contributed by atoms with E-state index in [1.165, 1.54) is 193 Å². The van der Waals surface area contributed by atoms with Crippen LogP contribution in [0.3, 0.4) is 0 Å². The highest BCUT2D eigenvalue weighted by molar-refractivity contribution is 4.64. The molecule has 0 aliphatic carbocycles. The Bertz CT molecular complexity index is 277. The van der Waals surface area contributed by atoms with Gasteiger partial charge >= 0.3 is 0 Å². The van der Waals surface area contributed by atoms with E-state index in [4.69, 9.17) is 0 Å². The van der Waals surface area contributed by atoms with Crippen LogP contribution in [0.2, 0.25) is 0 Å². The van der Waals surface area contributed by atoms with Gasteiger partial charge in [-0.15, -0.1) is 0 Å². The first kappa shape index (κ1) is 33.0. The second-order valence-corrected chi connectivity index (χ2v) is 10.9. The van der Waals surface area contributed by atoms with E-state index in [0.29, 0.717) is 0 Å². The molecule has 0 heteroatoms. The van der Waals surface area contributed by atoms with Crippen LogP contribution in [0.15, 0.2) is 0 Å². The van der Waals surface area contributed by atoms with E-state index < -0.39 is 0 Å². The molecule has 0 saturated heterocycles. The Hall–Kier alpha value is 0. The first-order valence-electron chi connectivity index (χ1n) is 16.1. The van der Waals surface area contributed by atoms with Gasteiger partial charge in [-0.1, -0.05) is 194 Å². The fourth-order valence-electron chi connectivity index (χ4n) is 5.01. The third-order valence-corrected chi connectivity index (χ3v) is 7.41. The third-order valence-electron chi connectivity index (χ3n) is 7.41. The maximum Gasteiger partial charge on any atom is -0.0173 e. The van der Waals surface area contributed by atoms with Crippen LogP contribution in [0.25, 0.3) is 0 Å². The summed E-state index contributed by atoms with van der Waals surface area (Å²) < 4.78 is 0. The molecule has 0 N–H and O–H groups in total. The van der Waals surface area contributed by atoms with Gasteiger partial charge in [0.1, 0.15) is 0 Å². The monoisotopic (exact) mass is 463 g/mol. The van der Waals surface area contributed by atoms with Crippen LogP contribution in [0.4, 0.5) is 0 Å². The summed E-state index contributed by atoms with van der Waals surface area (Å²) in [6, 6.07) is 0. The van der Waals surface area contributed by atoms with Gasteiger partial charge in [-0.2, -0.15) is 0 Å². The molecule has 0 aromatic heterocycles. The second-order valence-electron chi connectivity index (χ2n) is 10.9. The molecule has 0 amide bonds. The molecule has 0 aliphatic heterocycles. The maximum absolute atomic E-state index is 3.67. The Kier molecular flexibility index (Phi) is 32.0. The molecule has 198 valence electrons. The molecule has 0 aromatic rings. The van der Waals surface area contributed by atoms with Gasteiger partial charge in [0.2, 0.25) is 0 Å². The number of rotatable bonds is 30. The van der Waals surface area contributed by atoms with Crippen molar-refractivity contribution in [2.24, 2.45) is 0 Å². The summed E-state index contributed by atoms with van der Waals surface area (Å²) in [6.07, 6.45) is 46.9. The SMILES string of the molecule is CCCCCCCCCCCCCCCC[C]CCCCCCCCCCCCCCCC. The number of hydrogen-bond donors (Lipinski definition) is 0. The Morgan fingerprint density at radius 3 is 0.636 bits per heavy atom. The van der Waals surface area contributed by atoms with Crippen LogP contribution in [0, 0.1) is 6.42 Å². The molecule has 0 spiro atoms. The van der Waals surface area contributed by atoms with E-state index in [-0.39, 0.29) is 0 Å². The Balaban J connectivity index is 2.99. The van der Waals surface area contributed by atoms with Gasteiger partial charge < -0.3 is 0 Å². The Labute approximate surface area is 212 Å². The van der Waals surface area contributed by atoms with Crippen LogP contribution >= 0.6 is 0 Å². The quantitative estimate of drug-likeness (QED) is 0.0930. The Morgan fingerprint density at radius 2 is 0.424 bits per heavy atom. The second kappa shape index (κ2) is 32.0. The zero-order chi connectivity index (χ0) is 23.9. The van der Waals surface area contributed by atoms with Crippen LogP contribution < -0.4 is 0 Å². The van der Waals surface area contributed by atoms with Crippen molar-refractivity contribution in [3.05, 3.63) is 6.42 Å². The van der Waals surface area contributed by atoms with Crippen molar-refractivity contribution in [1.82, 2.24) is 0 Å². The molecule has 0 bridgehead atoms. The van der Waals surface area contributed by atoms with Gasteiger partial charge in [0.15, 0.2) is 0 Å². The fourth-order valence-corrected chi connectivity index (χ4v) is 5.01. The van der Waals surface area contributed by atoms with Crippen molar-refractivity contribution >= 4 is 0 Å². The molecule has 0 unspecified atom stereocenters. The topological polar surface area (TPSA) is 0 Å². The highest BCUT2D eigenvalue weighted by atomic mass is 14.0. The van der Waals surface area contributed by atoms with Crippen molar-refractivity contribution in [2.75, 3.05) is 0 Å². The molecule has 0 nitrogen and oxygen atoms in total. The zero-order valence-electron chi connectivity index (χ0n) is 23.7. The molecule has 33 heavy (non-hydrogen) atoms. The summed E-state index contributed by atoms with van der Waals surface area (Å²) in [5.74, 6) is 0. The lowest BCUT2D eigenvalue weighted by Gasteiger charge is -2.04. The molecule has 2 radical (unpaired) electrons. The predicted molar refractivity (Wildman–Crippen MR) is 153 cm³/mol. The normalized spacial score (nSPS) is 11.5. The van der Waals surface area contributed by atoms with Crippen molar-refractivity contribution in [3.8, 4) is 0 Å². The minimum Gasteiger partial charge on any atom is -0.0654 e. The van der Waals surface area contributed by atoms with E-state index in [1.807, 2.05) is 0 Å². The van der Waals surface area contributed by atoms with E-state index in [0.717, 1.165) is 0 Å². The standard InChI is InChI=1S/C33H66/c1-3-5-7-9-11-13-15-17-19-21-23-25-27-29-31-33-32-30-28-26-24-22-20-18-16-14-12-10-8-6-4-2/h3-32H2,1-2H3. The van der Waals surface area contributed by atoms with Gasteiger partial charge in [-0.3, -0.25) is 0 Å². The first-order chi connectivity index (χ1) is 16.4. The minimum absolute atomic E-state index is 1.25. The van der Waals surface area contributed by atoms with E-state index in [9.17, 15) is 0 Å². The van der Waals surface area contributed by atoms with Gasteiger partial charge in [0.25, 0.3) is 0 Å². The molecule has 0 heterocycles. The molecule has 0 aliphatic rings. The van der Waals surface area contributed by atoms with Crippen LogP contribution in [-0.4, -0.2) is 0 Å². The number of unbranched alkanes of at least 4 members (excludes halogenated alkanes) is 30. The summed E-state index contributed by atoms with van der Waals surface area (Å²) in [4.78, 5) is 0. The highest BCUT2D eigenvalue weighted by Gasteiger charge is 1.97. The molecule has 0 aromatic carbocycles. The Morgan fingerprint density at radius 1 is 0.242 bits per heavy atom. The molecular formula is C33H66. The molecule has 0 atom stereocenters. The smallest absolute Gasteiger partial charge is 0.0173 e. The van der Waals surface area contributed by atoms with Gasteiger partial charge in [-0.05, 0) is 19.3 Å². The molecule has 0 saturated carbocycles. The molecule has 0 rings (SSSR count). The summed E-state index contributed by atoms with van der Waals surface area (Å²) in [5.41, 5.74) is 0. The zero-order valence-corrected chi connectivity index (χ0v) is 23.7.